The van der Waals surface area contributed by atoms with Crippen molar-refractivity contribution in [1.82, 2.24) is 9.88 Å². The van der Waals surface area contributed by atoms with Crippen molar-refractivity contribution in [3.05, 3.63) is 29.6 Å². The Labute approximate surface area is 112 Å². The number of aromatic nitrogens is 1. The number of nitrogens with two attached hydrogens (primary N) is 1. The first-order chi connectivity index (χ1) is 8.68. The van der Waals surface area contributed by atoms with E-state index < -0.39 is 0 Å². The maximum Gasteiger partial charge on any atom is 0.272 e. The molecule has 0 saturated carbocycles. The summed E-state index contributed by atoms with van der Waals surface area (Å²) in [7, 11) is 0. The molecule has 0 spiro atoms. The van der Waals surface area contributed by atoms with E-state index in [4.69, 9.17) is 18.0 Å². The molecule has 1 aliphatic rings. The number of amides is 1. The maximum absolute atomic E-state index is 12.2. The van der Waals surface area contributed by atoms with Crippen LogP contribution in [0.5, 0.6) is 0 Å². The van der Waals surface area contributed by atoms with Crippen molar-refractivity contribution in [3.8, 4) is 0 Å². The number of hydrogen-bond donors (Lipinski definition) is 1. The summed E-state index contributed by atoms with van der Waals surface area (Å²) in [4.78, 5) is 18.6. The van der Waals surface area contributed by atoms with Crippen LogP contribution < -0.4 is 5.73 Å². The number of hydrogen-bond acceptors (Lipinski definition) is 3. The van der Waals surface area contributed by atoms with Crippen molar-refractivity contribution in [2.24, 2.45) is 5.73 Å². The molecule has 0 aliphatic carbocycles. The second kappa shape index (κ2) is 5.91. The van der Waals surface area contributed by atoms with Crippen molar-refractivity contribution < 1.29 is 4.79 Å². The summed E-state index contributed by atoms with van der Waals surface area (Å²) in [6.07, 6.45) is 6.13. The van der Waals surface area contributed by atoms with Crippen molar-refractivity contribution >= 4 is 23.1 Å². The zero-order chi connectivity index (χ0) is 13.0. The number of nitrogens with zero attached hydrogens (tertiary/aromatic N) is 2. The van der Waals surface area contributed by atoms with Gasteiger partial charge in [0, 0.05) is 24.8 Å². The Balaban J connectivity index is 2.10. The predicted molar refractivity (Wildman–Crippen MR) is 74.5 cm³/mol. The zero-order valence-corrected chi connectivity index (χ0v) is 11.1. The molecule has 0 radical (unpaired) electrons. The van der Waals surface area contributed by atoms with Gasteiger partial charge in [0.05, 0.1) is 0 Å². The Morgan fingerprint density at radius 1 is 1.22 bits per heavy atom. The molecule has 18 heavy (non-hydrogen) atoms. The molecule has 4 nitrogen and oxygen atoms in total. The third-order valence-corrected chi connectivity index (χ3v) is 3.40. The van der Waals surface area contributed by atoms with Crippen LogP contribution in [0.25, 0.3) is 0 Å². The molecular weight excluding hydrogens is 246 g/mol. The SMILES string of the molecule is NC(=S)c1ccc(C(=O)N2CCCCCC2)nc1. The Morgan fingerprint density at radius 2 is 1.89 bits per heavy atom. The molecule has 0 bridgehead atoms. The largest absolute Gasteiger partial charge is 0.389 e. The lowest BCUT2D eigenvalue weighted by atomic mass is 10.2. The lowest BCUT2D eigenvalue weighted by Crippen LogP contribution is -2.32. The molecule has 1 aromatic heterocycles. The van der Waals surface area contributed by atoms with Crippen LogP contribution in [-0.2, 0) is 0 Å². The van der Waals surface area contributed by atoms with E-state index in [1.54, 1.807) is 18.3 Å². The van der Waals surface area contributed by atoms with E-state index in [-0.39, 0.29) is 5.91 Å². The van der Waals surface area contributed by atoms with Gasteiger partial charge in [-0.2, -0.15) is 0 Å². The van der Waals surface area contributed by atoms with Crippen LogP contribution in [0.15, 0.2) is 18.3 Å². The van der Waals surface area contributed by atoms with Crippen LogP contribution in [0, 0.1) is 0 Å². The molecular formula is C13H17N3OS. The van der Waals surface area contributed by atoms with E-state index in [1.807, 2.05) is 4.90 Å². The van der Waals surface area contributed by atoms with Crippen LogP contribution in [0.4, 0.5) is 0 Å². The highest BCUT2D eigenvalue weighted by atomic mass is 32.1. The van der Waals surface area contributed by atoms with Gasteiger partial charge in [-0.25, -0.2) is 0 Å². The average molecular weight is 263 g/mol. The first kappa shape index (κ1) is 13.0. The highest BCUT2D eigenvalue weighted by molar-refractivity contribution is 7.80. The van der Waals surface area contributed by atoms with Crippen LogP contribution in [-0.4, -0.2) is 33.9 Å². The third-order valence-electron chi connectivity index (χ3n) is 3.16. The summed E-state index contributed by atoms with van der Waals surface area (Å²) in [6.45, 7) is 1.66. The Morgan fingerprint density at radius 3 is 2.39 bits per heavy atom. The second-order valence-corrected chi connectivity index (χ2v) is 4.94. The van der Waals surface area contributed by atoms with Gasteiger partial charge in [0.1, 0.15) is 10.7 Å². The summed E-state index contributed by atoms with van der Waals surface area (Å²) >= 11 is 4.86. The van der Waals surface area contributed by atoms with Crippen LogP contribution in [0.3, 0.4) is 0 Å². The molecule has 2 N–H and O–H groups in total. The van der Waals surface area contributed by atoms with Gasteiger partial charge >= 0.3 is 0 Å². The van der Waals surface area contributed by atoms with Gasteiger partial charge in [-0.1, -0.05) is 25.1 Å². The number of carbonyl (C=O) groups excluding carboxylic acids is 1. The Kier molecular flexibility index (Phi) is 4.25. The van der Waals surface area contributed by atoms with Gasteiger partial charge in [0.25, 0.3) is 5.91 Å². The number of likely N-dealkylation sites (tertiary alicyclic amines) is 1. The van der Waals surface area contributed by atoms with Gasteiger partial charge < -0.3 is 10.6 Å². The van der Waals surface area contributed by atoms with Crippen molar-refractivity contribution in [2.75, 3.05) is 13.1 Å². The second-order valence-electron chi connectivity index (χ2n) is 4.50. The van der Waals surface area contributed by atoms with Gasteiger partial charge in [0.2, 0.25) is 0 Å². The molecule has 2 rings (SSSR count). The van der Waals surface area contributed by atoms with E-state index in [9.17, 15) is 4.79 Å². The van der Waals surface area contributed by atoms with Crippen LogP contribution in [0.2, 0.25) is 0 Å². The number of pyridine rings is 1. The first-order valence-electron chi connectivity index (χ1n) is 6.23. The van der Waals surface area contributed by atoms with E-state index >= 15 is 0 Å². The van der Waals surface area contributed by atoms with Gasteiger partial charge in [-0.05, 0) is 25.0 Å². The predicted octanol–water partition coefficient (Wildman–Crippen LogP) is 1.73. The molecule has 1 aliphatic heterocycles. The Bertz CT molecular complexity index is 436. The first-order valence-corrected chi connectivity index (χ1v) is 6.64. The topological polar surface area (TPSA) is 59.2 Å². The normalized spacial score (nSPS) is 16.1. The summed E-state index contributed by atoms with van der Waals surface area (Å²) in [5, 5.41) is 0. The minimum atomic E-state index is 0.00592. The average Bonchev–Trinajstić information content (AvgIpc) is 2.67. The highest BCUT2D eigenvalue weighted by Gasteiger charge is 2.18. The fourth-order valence-corrected chi connectivity index (χ4v) is 2.22. The molecule has 1 amide bonds. The molecule has 0 atom stereocenters. The summed E-state index contributed by atoms with van der Waals surface area (Å²) in [5.41, 5.74) is 6.66. The molecule has 96 valence electrons. The molecule has 2 heterocycles. The monoisotopic (exact) mass is 263 g/mol. The summed E-state index contributed by atoms with van der Waals surface area (Å²) in [6, 6.07) is 3.45. The number of thiocarbonyl (C=S) groups is 1. The lowest BCUT2D eigenvalue weighted by Gasteiger charge is -2.19. The molecule has 1 fully saturated rings. The quantitative estimate of drug-likeness (QED) is 0.826. The number of rotatable bonds is 2. The summed E-state index contributed by atoms with van der Waals surface area (Å²) < 4.78 is 0. The van der Waals surface area contributed by atoms with E-state index in [0.717, 1.165) is 25.9 Å². The minimum Gasteiger partial charge on any atom is -0.389 e. The molecule has 0 aromatic carbocycles. The van der Waals surface area contributed by atoms with Crippen LogP contribution in [0.1, 0.15) is 41.7 Å². The molecule has 1 aromatic rings. The molecule has 1 saturated heterocycles. The van der Waals surface area contributed by atoms with Gasteiger partial charge in [-0.3, -0.25) is 9.78 Å². The third kappa shape index (κ3) is 3.04. The van der Waals surface area contributed by atoms with Gasteiger partial charge in [-0.15, -0.1) is 0 Å². The lowest BCUT2D eigenvalue weighted by molar-refractivity contribution is 0.0756. The van der Waals surface area contributed by atoms with E-state index in [0.29, 0.717) is 16.2 Å². The number of carbonyl (C=O) groups is 1. The van der Waals surface area contributed by atoms with E-state index in [2.05, 4.69) is 4.98 Å². The van der Waals surface area contributed by atoms with Crippen molar-refractivity contribution in [3.63, 3.8) is 0 Å². The standard InChI is InChI=1S/C13H17N3OS/c14-12(18)10-5-6-11(15-9-10)13(17)16-7-3-1-2-4-8-16/h5-6,9H,1-4,7-8H2,(H2,14,18). The zero-order valence-electron chi connectivity index (χ0n) is 10.3. The minimum absolute atomic E-state index is 0.00592. The van der Waals surface area contributed by atoms with E-state index in [1.165, 1.54) is 12.8 Å². The fraction of sp³-hybridized carbons (Fsp3) is 0.462. The Hall–Kier alpha value is -1.49. The van der Waals surface area contributed by atoms with Crippen molar-refractivity contribution in [2.45, 2.75) is 25.7 Å². The maximum atomic E-state index is 12.2. The summed E-state index contributed by atoms with van der Waals surface area (Å²) in [5.74, 6) is 0.00592. The highest BCUT2D eigenvalue weighted by Crippen LogP contribution is 2.12. The molecule has 0 unspecified atom stereocenters. The fourth-order valence-electron chi connectivity index (χ4n) is 2.10. The smallest absolute Gasteiger partial charge is 0.272 e. The van der Waals surface area contributed by atoms with Gasteiger partial charge in [0.15, 0.2) is 0 Å². The van der Waals surface area contributed by atoms with Crippen molar-refractivity contribution in [1.29, 1.82) is 0 Å². The van der Waals surface area contributed by atoms with Crippen LogP contribution >= 0.6 is 12.2 Å². The molecule has 5 heteroatoms.